The number of amides is 4. The minimum Gasteiger partial charge on any atom is -0.464 e. The third-order valence-corrected chi connectivity index (χ3v) is 13.8. The molecule has 4 amide bonds. The molecule has 5 atom stereocenters. The van der Waals surface area contributed by atoms with Gasteiger partial charge in [-0.3, -0.25) is 24.1 Å². The van der Waals surface area contributed by atoms with E-state index >= 15 is 4.39 Å². The number of aromatic nitrogens is 3. The number of hydrogen-bond donors (Lipinski definition) is 2. The maximum absolute atomic E-state index is 16.7. The number of methoxy groups -OCH3 is 2. The van der Waals surface area contributed by atoms with Crippen molar-refractivity contribution in [1.29, 1.82) is 0 Å². The summed E-state index contributed by atoms with van der Waals surface area (Å²) >= 11 is 1.21. The third kappa shape index (κ3) is 10.5. The average molecular weight is 1040 g/mol. The van der Waals surface area contributed by atoms with Crippen LogP contribution in [0, 0.1) is 17.7 Å². The highest BCUT2D eigenvalue weighted by molar-refractivity contribution is 7.59. The van der Waals surface area contributed by atoms with Gasteiger partial charge in [0.15, 0.2) is 0 Å². The van der Waals surface area contributed by atoms with Gasteiger partial charge in [0, 0.05) is 55.1 Å². The van der Waals surface area contributed by atoms with Crippen molar-refractivity contribution in [1.82, 2.24) is 34.6 Å². The van der Waals surface area contributed by atoms with Gasteiger partial charge < -0.3 is 34.6 Å². The molecule has 0 saturated carbocycles. The molecule has 372 valence electrons. The Morgan fingerprint density at radius 1 is 0.768 bits per heavy atom. The number of ether oxygens (including phenoxy) is 3. The molecule has 4 aromatic rings. The van der Waals surface area contributed by atoms with E-state index in [1.807, 2.05) is 67.6 Å². The second-order valence-corrected chi connectivity index (χ2v) is 18.6. The predicted octanol–water partition coefficient (Wildman–Crippen LogP) is 7.80. The molecule has 16 nitrogen and oxygen atoms in total. The first-order valence-electron chi connectivity index (χ1n) is 22.1. The summed E-state index contributed by atoms with van der Waals surface area (Å²) in [5.41, 5.74) is 6.93. The van der Waals surface area contributed by atoms with Crippen LogP contribution in [0.1, 0.15) is 88.5 Å². The van der Waals surface area contributed by atoms with Crippen molar-refractivity contribution in [2.24, 2.45) is 21.8 Å². The normalized spacial score (nSPS) is 19.8. The van der Waals surface area contributed by atoms with Gasteiger partial charge >= 0.3 is 12.2 Å². The molecule has 2 aromatic heterocycles. The summed E-state index contributed by atoms with van der Waals surface area (Å²) in [5, 5.41) is 10.4. The Morgan fingerprint density at radius 2 is 1.32 bits per heavy atom. The van der Waals surface area contributed by atoms with Crippen molar-refractivity contribution in [2.45, 2.75) is 96.6 Å². The van der Waals surface area contributed by atoms with Crippen LogP contribution in [-0.2, 0) is 19.1 Å². The maximum Gasteiger partial charge on any atom is 0.407 e. The van der Waals surface area contributed by atoms with Gasteiger partial charge in [-0.1, -0.05) is 38.2 Å². The lowest BCUT2D eigenvalue weighted by Crippen LogP contribution is -2.53. The van der Waals surface area contributed by atoms with E-state index in [0.29, 0.717) is 48.5 Å². The first kappa shape index (κ1) is 54.9. The van der Waals surface area contributed by atoms with Gasteiger partial charge in [0.05, 0.1) is 49.3 Å². The van der Waals surface area contributed by atoms with E-state index in [1.54, 1.807) is 17.3 Å². The quantitative estimate of drug-likeness (QED) is 0.152. The van der Waals surface area contributed by atoms with Crippen molar-refractivity contribution in [2.75, 3.05) is 27.3 Å². The SMILES string of the molecule is COC(=O)N[C@H](C(=O)N1CCC[C@H]1C1=NC=C(c2cc(F)c3c(c2)OC(c2cnns2)n2c-3cc3cc(C4=CN=C([C@@H]5CCCN5C(=O)[C@@H](NC(=O)OC)C(C)C)C4)ccc32)C1)C(C)C.S.S.S.S. The highest BCUT2D eigenvalue weighted by atomic mass is 32.1. The summed E-state index contributed by atoms with van der Waals surface area (Å²) in [4.78, 5) is 65.7. The van der Waals surface area contributed by atoms with Crippen molar-refractivity contribution in [3.8, 4) is 17.0 Å². The van der Waals surface area contributed by atoms with E-state index in [2.05, 4.69) is 26.3 Å². The zero-order chi connectivity index (χ0) is 45.7. The summed E-state index contributed by atoms with van der Waals surface area (Å²) in [6.07, 6.45) is 7.44. The van der Waals surface area contributed by atoms with Gasteiger partial charge in [-0.2, -0.15) is 54.0 Å². The second kappa shape index (κ2) is 22.8. The first-order valence-corrected chi connectivity index (χ1v) is 22.9. The molecule has 1 unspecified atom stereocenters. The number of carbonyl (C=O) groups is 4. The van der Waals surface area contributed by atoms with E-state index in [0.717, 1.165) is 69.6 Å². The van der Waals surface area contributed by atoms with Crippen LogP contribution in [0.15, 0.2) is 65.0 Å². The minimum absolute atomic E-state index is 0. The molecule has 5 aliphatic heterocycles. The number of carbonyl (C=O) groups excluding carboxylic acids is 4. The molecular formula is C47H60FN9O7S5. The van der Waals surface area contributed by atoms with Crippen LogP contribution in [0.25, 0.3) is 33.3 Å². The Balaban J connectivity index is 0.00000222. The zero-order valence-corrected chi connectivity index (χ0v) is 44.0. The molecule has 0 aliphatic carbocycles. The standard InChI is InChI=1S/C47H52FN9O7S.4H2S/c1-24(2)41(52-46(60)62-5)43(58)55-13-7-9-35(55)32-17-29(21-49-32)26-11-12-34-28(15-26)19-37-40-31(48)16-27(20-38(40)64-45(57(34)37)39-23-51-54-65-39)30-18-33(50-22-30)36-10-8-14-56(36)44(59)42(25(3)4)53-47(61)63-6;;;;/h11-12,15-16,19-25,35-36,41-42,45H,7-10,13-14,17-18H2,1-6H3,(H,52,60)(H,53,61);4*1H2/t35-,36-,41-,42-,45?;;;;/m0..../s1. The number of aliphatic imine (C=N–C) groups is 2. The van der Waals surface area contributed by atoms with Crippen molar-refractivity contribution in [3.63, 3.8) is 0 Å². The Hall–Kier alpha value is -5.03. The van der Waals surface area contributed by atoms with Gasteiger partial charge in [-0.25, -0.2) is 14.0 Å². The maximum atomic E-state index is 16.7. The van der Waals surface area contributed by atoms with Crippen LogP contribution in [0.5, 0.6) is 5.75 Å². The zero-order valence-electron chi connectivity index (χ0n) is 39.2. The van der Waals surface area contributed by atoms with Crippen LogP contribution < -0.4 is 15.4 Å². The largest absolute Gasteiger partial charge is 0.464 e. The highest BCUT2D eigenvalue weighted by Gasteiger charge is 2.41. The van der Waals surface area contributed by atoms with E-state index in [4.69, 9.17) is 24.2 Å². The molecular weight excluding hydrogens is 982 g/mol. The van der Waals surface area contributed by atoms with Crippen LogP contribution in [0.4, 0.5) is 14.0 Å². The highest BCUT2D eigenvalue weighted by Crippen LogP contribution is 2.48. The lowest BCUT2D eigenvalue weighted by Gasteiger charge is -2.31. The summed E-state index contributed by atoms with van der Waals surface area (Å²) < 4.78 is 39.1. The molecule has 2 saturated heterocycles. The number of alkyl carbamates (subject to hydrolysis) is 2. The molecule has 2 aromatic carbocycles. The summed E-state index contributed by atoms with van der Waals surface area (Å²) in [5.74, 6) is -0.689. The first-order chi connectivity index (χ1) is 31.3. The number of halogens is 1. The topological polar surface area (TPSA) is 182 Å². The second-order valence-electron chi connectivity index (χ2n) is 17.8. The van der Waals surface area contributed by atoms with Gasteiger partial charge in [-0.15, -0.1) is 5.10 Å². The van der Waals surface area contributed by atoms with Crippen molar-refractivity contribution in [3.05, 3.63) is 76.8 Å². The monoisotopic (exact) mass is 1040 g/mol. The number of nitrogens with zero attached hydrogens (tertiary/aromatic N) is 7. The molecule has 22 heteroatoms. The summed E-state index contributed by atoms with van der Waals surface area (Å²) in [6, 6.07) is 9.60. The molecule has 0 spiro atoms. The van der Waals surface area contributed by atoms with Crippen molar-refractivity contribution < 1.29 is 37.8 Å². The number of rotatable bonds is 11. The van der Waals surface area contributed by atoms with Crippen LogP contribution in [0.2, 0.25) is 0 Å². The Labute approximate surface area is 432 Å². The molecule has 2 N–H and O–H groups in total. The fourth-order valence-corrected chi connectivity index (χ4v) is 10.3. The number of nitrogens with one attached hydrogen (secondary N) is 2. The molecule has 0 bridgehead atoms. The van der Waals surface area contributed by atoms with Crippen LogP contribution in [0.3, 0.4) is 0 Å². The lowest BCUT2D eigenvalue weighted by atomic mass is 9.95. The van der Waals surface area contributed by atoms with Gasteiger partial charge in [0.1, 0.15) is 28.5 Å². The Bertz CT molecular complexity index is 2710. The molecule has 5 aliphatic rings. The van der Waals surface area contributed by atoms with Crippen LogP contribution >= 0.6 is 65.5 Å². The minimum atomic E-state index is -0.746. The molecule has 0 radical (unpaired) electrons. The number of likely N-dealkylation sites (tertiary alicyclic amines) is 2. The molecule has 7 heterocycles. The van der Waals surface area contributed by atoms with Gasteiger partial charge in [-0.05, 0) is 102 Å². The Morgan fingerprint density at radius 3 is 1.83 bits per heavy atom. The Kier molecular flexibility index (Phi) is 18.1. The molecule has 9 rings (SSSR count). The van der Waals surface area contributed by atoms with Gasteiger partial charge in [0.25, 0.3) is 0 Å². The fourth-order valence-electron chi connectivity index (χ4n) is 9.80. The van der Waals surface area contributed by atoms with Crippen LogP contribution in [-0.4, -0.2) is 111 Å². The molecule has 2 fully saturated rings. The van der Waals surface area contributed by atoms with E-state index < -0.39 is 36.3 Å². The third-order valence-electron chi connectivity index (χ3n) is 13.1. The average Bonchev–Trinajstić information content (AvgIpc) is 4.15. The lowest BCUT2D eigenvalue weighted by molar-refractivity contribution is -0.134. The summed E-state index contributed by atoms with van der Waals surface area (Å²) in [6.45, 7) is 8.67. The predicted molar refractivity (Wildman–Crippen MR) is 285 cm³/mol. The van der Waals surface area contributed by atoms with E-state index in [1.165, 1.54) is 31.8 Å². The van der Waals surface area contributed by atoms with Crippen molar-refractivity contribution >= 4 is 123 Å². The number of allylic oxidation sites excluding steroid dienone is 2. The number of fused-ring (bicyclic) bond motifs is 5. The fraction of sp³-hybridized carbons (Fsp3) is 0.447. The number of hydrogen-bond acceptors (Lipinski definition) is 12. The summed E-state index contributed by atoms with van der Waals surface area (Å²) in [7, 11) is 2.56. The van der Waals surface area contributed by atoms with Gasteiger partial charge in [0.2, 0.25) is 18.0 Å². The smallest absolute Gasteiger partial charge is 0.407 e. The van der Waals surface area contributed by atoms with E-state index in [9.17, 15) is 19.2 Å². The number of benzene rings is 2. The molecule has 69 heavy (non-hydrogen) atoms. The van der Waals surface area contributed by atoms with E-state index in [-0.39, 0.29) is 89.7 Å².